The highest BCUT2D eigenvalue weighted by Gasteiger charge is 2.31. The van der Waals surface area contributed by atoms with E-state index in [1.54, 1.807) is 25.3 Å². The van der Waals surface area contributed by atoms with Crippen molar-refractivity contribution in [2.45, 2.75) is 39.8 Å². The van der Waals surface area contributed by atoms with E-state index in [0.29, 0.717) is 51.1 Å². The summed E-state index contributed by atoms with van der Waals surface area (Å²) in [6.07, 6.45) is 3.23. The van der Waals surface area contributed by atoms with Crippen LogP contribution in [0.25, 0.3) is 6.08 Å². The largest absolute Gasteiger partial charge is 0.493 e. The Bertz CT molecular complexity index is 1620. The predicted molar refractivity (Wildman–Crippen MR) is 161 cm³/mol. The molecule has 0 N–H and O–H groups in total. The van der Waals surface area contributed by atoms with Gasteiger partial charge in [0.25, 0.3) is 5.56 Å². The number of carbonyl (C=O) groups excluding carboxylic acids is 1. The van der Waals surface area contributed by atoms with Crippen LogP contribution in [0, 0.1) is 3.57 Å². The van der Waals surface area contributed by atoms with Crippen molar-refractivity contribution in [3.63, 3.8) is 0 Å². The maximum atomic E-state index is 13.9. The second kappa shape index (κ2) is 12.9. The topological polar surface area (TPSA) is 97.6 Å². The van der Waals surface area contributed by atoms with Crippen molar-refractivity contribution in [2.75, 3.05) is 27.4 Å². The highest BCUT2D eigenvalue weighted by molar-refractivity contribution is 14.1. The number of rotatable bonds is 10. The second-order valence-corrected chi connectivity index (χ2v) is 11.1. The molecule has 1 atom stereocenters. The summed E-state index contributed by atoms with van der Waals surface area (Å²) < 4.78 is 30.9. The molecule has 11 heteroatoms. The average Bonchev–Trinajstić information content (AvgIpc) is 3.24. The number of hydrogen-bond donors (Lipinski definition) is 0. The molecule has 4 rings (SSSR count). The number of nitrogens with zero attached hydrogens (tertiary/aromatic N) is 2. The first-order chi connectivity index (χ1) is 19.2. The maximum absolute atomic E-state index is 13.9. The lowest BCUT2D eigenvalue weighted by Crippen LogP contribution is -2.39. The number of carbonyl (C=O) groups is 1. The number of thiazole rings is 1. The zero-order chi connectivity index (χ0) is 29.0. The third-order valence-electron chi connectivity index (χ3n) is 5.91. The van der Waals surface area contributed by atoms with E-state index < -0.39 is 12.0 Å². The predicted octanol–water partition coefficient (Wildman–Crippen LogP) is 4.22. The van der Waals surface area contributed by atoms with E-state index in [0.717, 1.165) is 9.13 Å². The maximum Gasteiger partial charge on any atom is 0.337 e. The Morgan fingerprint density at radius 3 is 2.48 bits per heavy atom. The number of hydrogen-bond acceptors (Lipinski definition) is 9. The van der Waals surface area contributed by atoms with Crippen molar-refractivity contribution in [2.24, 2.45) is 4.99 Å². The first-order valence-electron chi connectivity index (χ1n) is 12.7. The molecule has 0 saturated heterocycles. The SMILES string of the molecule is CCOc1ccc([C@@H]2C(C(=O)OC)=CN=c3s/c(=C/c4cc(I)c(OC(C)C)c(OC)c4)c(=O)n32)cc1OCC. The van der Waals surface area contributed by atoms with Crippen LogP contribution in [-0.2, 0) is 9.53 Å². The molecule has 212 valence electrons. The lowest BCUT2D eigenvalue weighted by atomic mass is 9.97. The molecular formula is C29H31IN2O7S. The van der Waals surface area contributed by atoms with Gasteiger partial charge in [0.2, 0.25) is 0 Å². The summed E-state index contributed by atoms with van der Waals surface area (Å²) in [5.41, 5.74) is 1.38. The van der Waals surface area contributed by atoms with E-state index in [4.69, 9.17) is 23.7 Å². The second-order valence-electron chi connectivity index (χ2n) is 8.95. The summed E-state index contributed by atoms with van der Waals surface area (Å²) >= 11 is 3.43. The summed E-state index contributed by atoms with van der Waals surface area (Å²) in [5.74, 6) is 1.76. The van der Waals surface area contributed by atoms with Crippen molar-refractivity contribution in [1.82, 2.24) is 4.57 Å². The minimum Gasteiger partial charge on any atom is -0.493 e. The summed E-state index contributed by atoms with van der Waals surface area (Å²) in [6, 6.07) is 8.38. The number of esters is 1. The lowest BCUT2D eigenvalue weighted by Gasteiger charge is -2.23. The van der Waals surface area contributed by atoms with E-state index in [1.807, 2.05) is 45.9 Å². The van der Waals surface area contributed by atoms with Crippen molar-refractivity contribution in [1.29, 1.82) is 0 Å². The molecule has 1 aromatic heterocycles. The van der Waals surface area contributed by atoms with Gasteiger partial charge in [0.1, 0.15) is 0 Å². The van der Waals surface area contributed by atoms with Crippen molar-refractivity contribution in [3.05, 3.63) is 76.5 Å². The minimum absolute atomic E-state index is 0.0215. The number of aromatic nitrogens is 1. The van der Waals surface area contributed by atoms with Gasteiger partial charge in [-0.25, -0.2) is 9.79 Å². The molecule has 0 saturated carbocycles. The normalized spacial score (nSPS) is 14.8. The van der Waals surface area contributed by atoms with Gasteiger partial charge in [-0.05, 0) is 91.8 Å². The molecule has 2 aromatic carbocycles. The molecule has 0 radical (unpaired) electrons. The van der Waals surface area contributed by atoms with Gasteiger partial charge in [-0.15, -0.1) is 0 Å². The molecule has 3 aromatic rings. The summed E-state index contributed by atoms with van der Waals surface area (Å²) in [7, 11) is 2.88. The molecule has 0 spiro atoms. The Labute approximate surface area is 249 Å². The molecule has 0 unspecified atom stereocenters. The number of halogens is 1. The molecule has 1 aliphatic heterocycles. The summed E-state index contributed by atoms with van der Waals surface area (Å²) in [6.45, 7) is 8.56. The molecule has 0 fully saturated rings. The zero-order valence-electron chi connectivity index (χ0n) is 23.1. The quantitative estimate of drug-likeness (QED) is 0.234. The van der Waals surface area contributed by atoms with Crippen LogP contribution in [-0.4, -0.2) is 44.1 Å². The monoisotopic (exact) mass is 678 g/mol. The fourth-order valence-electron chi connectivity index (χ4n) is 4.31. The lowest BCUT2D eigenvalue weighted by molar-refractivity contribution is -0.136. The van der Waals surface area contributed by atoms with Crippen LogP contribution in [0.4, 0.5) is 0 Å². The van der Waals surface area contributed by atoms with E-state index in [1.165, 1.54) is 29.2 Å². The van der Waals surface area contributed by atoms with Gasteiger partial charge in [0, 0.05) is 6.20 Å². The van der Waals surface area contributed by atoms with Crippen LogP contribution in [0.2, 0.25) is 0 Å². The molecule has 0 bridgehead atoms. The smallest absolute Gasteiger partial charge is 0.337 e. The number of ether oxygens (including phenoxy) is 5. The number of methoxy groups -OCH3 is 2. The van der Waals surface area contributed by atoms with Crippen LogP contribution in [0.15, 0.2) is 51.9 Å². The van der Waals surface area contributed by atoms with Gasteiger partial charge >= 0.3 is 5.97 Å². The van der Waals surface area contributed by atoms with Gasteiger partial charge in [-0.3, -0.25) is 9.36 Å². The van der Waals surface area contributed by atoms with Gasteiger partial charge in [-0.2, -0.15) is 0 Å². The molecular weight excluding hydrogens is 647 g/mol. The highest BCUT2D eigenvalue weighted by atomic mass is 127. The highest BCUT2D eigenvalue weighted by Crippen LogP contribution is 2.36. The molecule has 0 amide bonds. The fourth-order valence-corrected chi connectivity index (χ4v) is 6.03. The molecule has 40 heavy (non-hydrogen) atoms. The summed E-state index contributed by atoms with van der Waals surface area (Å²) in [5, 5.41) is 0. The minimum atomic E-state index is -0.766. The standard InChI is InChI=1S/C29H31IN2O7S/c1-7-37-21-10-9-18(14-22(21)38-8-2)25-19(28(34)36-6)15-31-29-32(25)27(33)24(40-29)13-17-11-20(30)26(39-16(3)4)23(12-17)35-5/h9-16,25H,7-8H2,1-6H3/b24-13+/t25-/m1/s1. The fraction of sp³-hybridized carbons (Fsp3) is 0.345. The van der Waals surface area contributed by atoms with E-state index >= 15 is 0 Å². The molecule has 2 heterocycles. The summed E-state index contributed by atoms with van der Waals surface area (Å²) in [4.78, 5) is 31.6. The Morgan fingerprint density at radius 2 is 1.82 bits per heavy atom. The van der Waals surface area contributed by atoms with Crippen LogP contribution in [0.5, 0.6) is 23.0 Å². The van der Waals surface area contributed by atoms with Gasteiger partial charge in [-0.1, -0.05) is 17.4 Å². The zero-order valence-corrected chi connectivity index (χ0v) is 26.1. The Morgan fingerprint density at radius 1 is 1.10 bits per heavy atom. The van der Waals surface area contributed by atoms with Crippen LogP contribution in [0.3, 0.4) is 0 Å². The van der Waals surface area contributed by atoms with Crippen molar-refractivity contribution < 1.29 is 28.5 Å². The number of benzene rings is 2. The van der Waals surface area contributed by atoms with Crippen LogP contribution >= 0.6 is 33.9 Å². The van der Waals surface area contributed by atoms with E-state index in [-0.39, 0.29) is 17.2 Å². The molecule has 1 aliphatic rings. The third-order valence-corrected chi connectivity index (χ3v) is 7.71. The van der Waals surface area contributed by atoms with Crippen molar-refractivity contribution >= 4 is 46.0 Å². The Balaban J connectivity index is 1.88. The number of fused-ring (bicyclic) bond motifs is 1. The van der Waals surface area contributed by atoms with E-state index in [9.17, 15) is 9.59 Å². The van der Waals surface area contributed by atoms with Gasteiger partial charge in [0.05, 0.1) is 53.3 Å². The van der Waals surface area contributed by atoms with Crippen LogP contribution < -0.4 is 33.8 Å². The Kier molecular flexibility index (Phi) is 9.56. The third kappa shape index (κ3) is 6.04. The van der Waals surface area contributed by atoms with Gasteiger partial charge < -0.3 is 23.7 Å². The van der Waals surface area contributed by atoms with Crippen LogP contribution in [0.1, 0.15) is 44.9 Å². The van der Waals surface area contributed by atoms with Gasteiger partial charge in [0.15, 0.2) is 27.8 Å². The first kappa shape index (κ1) is 29.7. The van der Waals surface area contributed by atoms with Crippen molar-refractivity contribution in [3.8, 4) is 23.0 Å². The first-order valence-corrected chi connectivity index (χ1v) is 14.6. The molecule has 9 nitrogen and oxygen atoms in total. The average molecular weight is 679 g/mol. The Hall–Kier alpha value is -3.32. The molecule has 0 aliphatic carbocycles. The van der Waals surface area contributed by atoms with E-state index in [2.05, 4.69) is 27.6 Å².